The molecule has 0 radical (unpaired) electrons. The number of phosphoric ester groups is 1. The van der Waals surface area contributed by atoms with Gasteiger partial charge in [0.25, 0.3) is 0 Å². The number of hydrogen-bond acceptors (Lipinski definition) is 6. The molecule has 3 aliphatic heterocycles. The number of fused-ring (bicyclic) bond motifs is 1. The van der Waals surface area contributed by atoms with E-state index >= 15 is 0 Å². The van der Waals surface area contributed by atoms with Crippen molar-refractivity contribution >= 4 is 7.82 Å². The number of unbranched alkanes of at least 4 members (excludes halogenated alkanes) is 4. The summed E-state index contributed by atoms with van der Waals surface area (Å²) in [5.41, 5.74) is 1.16. The van der Waals surface area contributed by atoms with Crippen LogP contribution in [0.3, 0.4) is 0 Å². The molecule has 6 nitrogen and oxygen atoms in total. The second kappa shape index (κ2) is 7.39. The van der Waals surface area contributed by atoms with Crippen molar-refractivity contribution < 1.29 is 27.6 Å². The molecule has 0 aromatic heterocycles. The van der Waals surface area contributed by atoms with E-state index in [9.17, 15) is 4.57 Å². The van der Waals surface area contributed by atoms with Crippen LogP contribution in [-0.4, -0.2) is 6.29 Å². The van der Waals surface area contributed by atoms with Crippen molar-refractivity contribution in [3.05, 3.63) is 41.7 Å². The molecule has 1 unspecified atom stereocenters. The summed E-state index contributed by atoms with van der Waals surface area (Å²) in [7, 11) is -3.40. The Labute approximate surface area is 142 Å². The molecule has 24 heavy (non-hydrogen) atoms. The highest BCUT2D eigenvalue weighted by molar-refractivity contribution is 7.50. The largest absolute Gasteiger partial charge is 0.654 e. The van der Waals surface area contributed by atoms with Crippen LogP contribution in [0, 0.1) is 6.92 Å². The Morgan fingerprint density at radius 3 is 2.33 bits per heavy atom. The van der Waals surface area contributed by atoms with Crippen LogP contribution in [0.5, 0.6) is 5.75 Å². The van der Waals surface area contributed by atoms with E-state index < -0.39 is 14.1 Å². The van der Waals surface area contributed by atoms with Crippen molar-refractivity contribution in [2.45, 2.75) is 58.7 Å². The molecule has 1 aromatic rings. The minimum absolute atomic E-state index is 0.0176. The average molecular weight is 354 g/mol. The molecule has 1 saturated heterocycles. The molecular weight excluding hydrogens is 331 g/mol. The number of ether oxygens (including phenoxy) is 2. The summed E-state index contributed by atoms with van der Waals surface area (Å²) >= 11 is 0. The van der Waals surface area contributed by atoms with E-state index in [0.717, 1.165) is 18.4 Å². The summed E-state index contributed by atoms with van der Waals surface area (Å²) in [6, 6.07) is 7.74. The molecule has 0 saturated carbocycles. The fraction of sp³-hybridized carbons (Fsp3) is 0.529. The molecule has 2 bridgehead atoms. The summed E-state index contributed by atoms with van der Waals surface area (Å²) in [6.07, 6.45) is 5.86. The van der Waals surface area contributed by atoms with Crippen molar-refractivity contribution in [2.24, 2.45) is 0 Å². The van der Waals surface area contributed by atoms with E-state index in [0.29, 0.717) is 12.2 Å². The first-order valence-electron chi connectivity index (χ1n) is 8.41. The summed E-state index contributed by atoms with van der Waals surface area (Å²) in [5, 5.41) is 0. The molecule has 1 atom stereocenters. The van der Waals surface area contributed by atoms with Gasteiger partial charge >= 0.3 is 19.7 Å². The SMILES string of the molecule is CCCCCCCC(OC1=C2OP(=O)(O1)O2)Oc1ccc(C)cc1. The quantitative estimate of drug-likeness (QED) is 0.319. The number of aryl methyl sites for hydroxylation is 1. The average Bonchev–Trinajstić information content (AvgIpc) is 3.01. The van der Waals surface area contributed by atoms with Crippen molar-refractivity contribution in [1.82, 2.24) is 0 Å². The van der Waals surface area contributed by atoms with E-state index in [1.165, 1.54) is 19.3 Å². The van der Waals surface area contributed by atoms with Gasteiger partial charge in [-0.3, -0.25) is 0 Å². The molecule has 0 spiro atoms. The van der Waals surface area contributed by atoms with Crippen LogP contribution in [0.25, 0.3) is 0 Å². The Kier molecular flexibility index (Phi) is 5.24. The summed E-state index contributed by atoms with van der Waals surface area (Å²) < 4.78 is 38.0. The van der Waals surface area contributed by atoms with Gasteiger partial charge in [0.1, 0.15) is 5.75 Å². The topological polar surface area (TPSA) is 63.2 Å². The standard InChI is InChI=1S/C17H23O6P/c1-3-4-5-6-7-8-15(19-14-11-9-13(2)10-12-14)20-16-17-22-24(18,21-16)23-17/h9-12,15H,3-8H2,1-2H3. The first-order valence-corrected chi connectivity index (χ1v) is 9.87. The van der Waals surface area contributed by atoms with Crippen LogP contribution in [-0.2, 0) is 22.9 Å². The molecule has 7 heteroatoms. The lowest BCUT2D eigenvalue weighted by Crippen LogP contribution is -2.20. The molecule has 0 aliphatic carbocycles. The minimum atomic E-state index is -3.40. The summed E-state index contributed by atoms with van der Waals surface area (Å²) in [6.45, 7) is 4.20. The molecule has 1 fully saturated rings. The smallest absolute Gasteiger partial charge is 0.455 e. The van der Waals surface area contributed by atoms with Crippen molar-refractivity contribution in [3.63, 3.8) is 0 Å². The zero-order chi connectivity index (χ0) is 17.0. The van der Waals surface area contributed by atoms with Gasteiger partial charge in [-0.2, -0.15) is 4.57 Å². The highest BCUT2D eigenvalue weighted by Gasteiger charge is 2.58. The third kappa shape index (κ3) is 4.18. The Hall–Kier alpha value is -1.81. The fourth-order valence-electron chi connectivity index (χ4n) is 2.47. The van der Waals surface area contributed by atoms with Crippen LogP contribution < -0.4 is 4.74 Å². The van der Waals surface area contributed by atoms with Gasteiger partial charge in [0.2, 0.25) is 6.29 Å². The maximum atomic E-state index is 11.6. The predicted molar refractivity (Wildman–Crippen MR) is 87.9 cm³/mol. The van der Waals surface area contributed by atoms with E-state index in [1.807, 2.05) is 31.2 Å². The second-order valence-electron chi connectivity index (χ2n) is 5.98. The molecular formula is C17H23O6P. The van der Waals surface area contributed by atoms with Crippen LogP contribution in [0.4, 0.5) is 0 Å². The lowest BCUT2D eigenvalue weighted by molar-refractivity contribution is -0.0804. The van der Waals surface area contributed by atoms with E-state index in [-0.39, 0.29) is 11.9 Å². The fourth-order valence-corrected chi connectivity index (χ4v) is 3.44. The number of phosphoric acid groups is 1. The highest BCUT2D eigenvalue weighted by atomic mass is 31.2. The Morgan fingerprint density at radius 2 is 1.71 bits per heavy atom. The number of rotatable bonds is 10. The second-order valence-corrected chi connectivity index (χ2v) is 7.42. The number of hydrogen-bond donors (Lipinski definition) is 0. The normalized spacial score (nSPS) is 18.1. The maximum absolute atomic E-state index is 11.6. The summed E-state index contributed by atoms with van der Waals surface area (Å²) in [4.78, 5) is 0. The van der Waals surface area contributed by atoms with E-state index in [4.69, 9.17) is 23.0 Å². The van der Waals surface area contributed by atoms with Gasteiger partial charge in [0.15, 0.2) is 0 Å². The monoisotopic (exact) mass is 354 g/mol. The van der Waals surface area contributed by atoms with E-state index in [1.54, 1.807) is 0 Å². The lowest BCUT2D eigenvalue weighted by Gasteiger charge is -2.19. The maximum Gasteiger partial charge on any atom is 0.654 e. The Morgan fingerprint density at radius 1 is 1.00 bits per heavy atom. The lowest BCUT2D eigenvalue weighted by atomic mass is 10.1. The predicted octanol–water partition coefficient (Wildman–Crippen LogP) is 5.39. The first kappa shape index (κ1) is 17.0. The van der Waals surface area contributed by atoms with Gasteiger partial charge in [0, 0.05) is 6.42 Å². The van der Waals surface area contributed by atoms with Crippen molar-refractivity contribution in [2.75, 3.05) is 0 Å². The zero-order valence-corrected chi connectivity index (χ0v) is 14.9. The third-order valence-corrected chi connectivity index (χ3v) is 4.99. The molecule has 132 valence electrons. The van der Waals surface area contributed by atoms with E-state index in [2.05, 4.69) is 6.92 Å². The molecule has 0 amide bonds. The third-order valence-electron chi connectivity index (χ3n) is 3.82. The molecule has 1 aromatic carbocycles. The first-order chi connectivity index (χ1) is 11.6. The van der Waals surface area contributed by atoms with Gasteiger partial charge in [-0.1, -0.05) is 50.3 Å². The molecule has 0 N–H and O–H groups in total. The van der Waals surface area contributed by atoms with Crippen molar-refractivity contribution in [3.8, 4) is 5.75 Å². The van der Waals surface area contributed by atoms with Gasteiger partial charge in [-0.05, 0) is 25.5 Å². The molecule has 3 aliphatic rings. The van der Waals surface area contributed by atoms with Gasteiger partial charge in [-0.25, -0.2) is 0 Å². The van der Waals surface area contributed by atoms with Crippen LogP contribution in [0.1, 0.15) is 51.0 Å². The Balaban J connectivity index is 1.57. The zero-order valence-electron chi connectivity index (χ0n) is 14.0. The highest BCUT2D eigenvalue weighted by Crippen LogP contribution is 2.70. The van der Waals surface area contributed by atoms with Crippen LogP contribution in [0.15, 0.2) is 36.2 Å². The van der Waals surface area contributed by atoms with Gasteiger partial charge < -0.3 is 23.0 Å². The Bertz CT molecular complexity index is 627. The van der Waals surface area contributed by atoms with Gasteiger partial charge in [-0.15, -0.1) is 0 Å². The minimum Gasteiger partial charge on any atom is -0.455 e. The molecule has 4 rings (SSSR count). The van der Waals surface area contributed by atoms with Crippen LogP contribution in [0.2, 0.25) is 0 Å². The number of benzene rings is 1. The van der Waals surface area contributed by atoms with Crippen LogP contribution >= 0.6 is 7.82 Å². The summed E-state index contributed by atoms with van der Waals surface area (Å²) in [5.74, 6) is 0.773. The molecule has 3 heterocycles. The van der Waals surface area contributed by atoms with Crippen molar-refractivity contribution in [1.29, 1.82) is 0 Å². The van der Waals surface area contributed by atoms with Gasteiger partial charge in [0.05, 0.1) is 0 Å².